The lowest BCUT2D eigenvalue weighted by Gasteiger charge is -2.25. The van der Waals surface area contributed by atoms with Gasteiger partial charge in [0.25, 0.3) is 0 Å². The summed E-state index contributed by atoms with van der Waals surface area (Å²) in [4.78, 5) is 12.5. The van der Waals surface area contributed by atoms with E-state index in [0.717, 1.165) is 12.1 Å². The smallest absolute Gasteiger partial charge is 0.223 e. The van der Waals surface area contributed by atoms with Crippen LogP contribution in [0, 0.1) is 5.82 Å². The van der Waals surface area contributed by atoms with Crippen molar-refractivity contribution in [2.75, 3.05) is 19.7 Å². The Morgan fingerprint density at radius 3 is 2.68 bits per heavy atom. The highest BCUT2D eigenvalue weighted by molar-refractivity contribution is 5.77. The van der Waals surface area contributed by atoms with E-state index in [1.54, 1.807) is 18.2 Å². The van der Waals surface area contributed by atoms with Crippen molar-refractivity contribution in [1.29, 1.82) is 0 Å². The normalized spacial score (nSPS) is 18.5. The van der Waals surface area contributed by atoms with Gasteiger partial charge in [-0.3, -0.25) is 4.79 Å². The van der Waals surface area contributed by atoms with Crippen molar-refractivity contribution >= 4 is 5.91 Å². The third kappa shape index (κ3) is 5.11. The lowest BCUT2D eigenvalue weighted by Crippen LogP contribution is -2.42. The van der Waals surface area contributed by atoms with Gasteiger partial charge in [0.15, 0.2) is 0 Å². The van der Waals surface area contributed by atoms with Crippen LogP contribution in [0.1, 0.15) is 23.6 Å². The number of amides is 1. The van der Waals surface area contributed by atoms with Crippen molar-refractivity contribution in [3.63, 3.8) is 0 Å². The zero-order valence-electron chi connectivity index (χ0n) is 14.1. The topological polar surface area (TPSA) is 50.4 Å². The first kappa shape index (κ1) is 17.6. The molecule has 1 aliphatic heterocycles. The van der Waals surface area contributed by atoms with Gasteiger partial charge >= 0.3 is 0 Å². The molecule has 1 amide bonds. The molecule has 1 aliphatic rings. The summed E-state index contributed by atoms with van der Waals surface area (Å²) in [7, 11) is 0. The number of halogens is 1. The van der Waals surface area contributed by atoms with Crippen LogP contribution >= 0.6 is 0 Å². The lowest BCUT2D eigenvalue weighted by molar-refractivity contribution is -0.125. The zero-order chi connectivity index (χ0) is 17.5. The third-order valence-electron chi connectivity index (χ3n) is 4.32. The summed E-state index contributed by atoms with van der Waals surface area (Å²) < 4.78 is 19.8. The Labute approximate surface area is 147 Å². The molecule has 2 atom stereocenters. The molecule has 25 heavy (non-hydrogen) atoms. The van der Waals surface area contributed by atoms with Crippen molar-refractivity contribution in [3.8, 4) is 0 Å². The summed E-state index contributed by atoms with van der Waals surface area (Å²) in [6.07, 6.45) is 0.677. The van der Waals surface area contributed by atoms with E-state index >= 15 is 0 Å². The van der Waals surface area contributed by atoms with Crippen LogP contribution in [-0.2, 0) is 16.0 Å². The maximum Gasteiger partial charge on any atom is 0.223 e. The maximum absolute atomic E-state index is 14.3. The second kappa shape index (κ2) is 8.74. The first-order valence-corrected chi connectivity index (χ1v) is 8.62. The summed E-state index contributed by atoms with van der Waals surface area (Å²) in [6, 6.07) is 16.0. The Kier molecular flexibility index (Phi) is 6.14. The van der Waals surface area contributed by atoms with Crippen molar-refractivity contribution in [1.82, 2.24) is 10.6 Å². The average Bonchev–Trinajstić information content (AvgIpc) is 2.63. The highest BCUT2D eigenvalue weighted by atomic mass is 19.1. The van der Waals surface area contributed by atoms with Crippen molar-refractivity contribution in [3.05, 3.63) is 71.5 Å². The van der Waals surface area contributed by atoms with E-state index < -0.39 is 6.04 Å². The van der Waals surface area contributed by atoms with Gasteiger partial charge < -0.3 is 15.4 Å². The largest absolute Gasteiger partial charge is 0.375 e. The predicted molar refractivity (Wildman–Crippen MR) is 94.7 cm³/mol. The predicted octanol–water partition coefficient (Wildman–Crippen LogP) is 2.60. The summed E-state index contributed by atoms with van der Waals surface area (Å²) in [6.45, 7) is 2.08. The fourth-order valence-electron chi connectivity index (χ4n) is 3.06. The van der Waals surface area contributed by atoms with Crippen LogP contribution in [0.3, 0.4) is 0 Å². The molecule has 2 N–H and O–H groups in total. The highest BCUT2D eigenvalue weighted by Crippen LogP contribution is 2.21. The standard InChI is InChI=1S/C20H23FN2O2/c21-18-9-5-4-8-17(18)19(12-15-6-2-1-3-7-15)23-20(24)13-16-14-22-10-11-25-16/h1-9,16,19,22H,10-14H2,(H,23,24)/t16-,19-/m0/s1. The number of carbonyl (C=O) groups is 1. The van der Waals surface area contributed by atoms with Gasteiger partial charge in [-0.15, -0.1) is 0 Å². The second-order valence-electron chi connectivity index (χ2n) is 6.23. The third-order valence-corrected chi connectivity index (χ3v) is 4.32. The Balaban J connectivity index is 1.71. The quantitative estimate of drug-likeness (QED) is 0.848. The lowest BCUT2D eigenvalue weighted by atomic mass is 9.98. The fraction of sp³-hybridized carbons (Fsp3) is 0.350. The van der Waals surface area contributed by atoms with Gasteiger partial charge in [0.1, 0.15) is 5.82 Å². The van der Waals surface area contributed by atoms with Crippen LogP contribution < -0.4 is 10.6 Å². The van der Waals surface area contributed by atoms with Crippen molar-refractivity contribution in [2.45, 2.75) is 25.0 Å². The second-order valence-corrected chi connectivity index (χ2v) is 6.23. The average molecular weight is 342 g/mol. The highest BCUT2D eigenvalue weighted by Gasteiger charge is 2.22. The number of morpholine rings is 1. The SMILES string of the molecule is O=C(C[C@H]1CNCCO1)N[C@@H](Cc1ccccc1)c1ccccc1F. The number of nitrogens with one attached hydrogen (secondary N) is 2. The van der Waals surface area contributed by atoms with Crippen LogP contribution in [0.5, 0.6) is 0 Å². The number of ether oxygens (including phenoxy) is 1. The number of hydrogen-bond donors (Lipinski definition) is 2. The molecule has 2 aromatic carbocycles. The molecule has 0 aromatic heterocycles. The van der Waals surface area contributed by atoms with Crippen LogP contribution in [0.25, 0.3) is 0 Å². The van der Waals surface area contributed by atoms with E-state index in [1.165, 1.54) is 6.07 Å². The van der Waals surface area contributed by atoms with Crippen molar-refractivity contribution < 1.29 is 13.9 Å². The Hall–Kier alpha value is -2.24. The molecule has 0 saturated carbocycles. The molecular formula is C20H23FN2O2. The van der Waals surface area contributed by atoms with E-state index in [9.17, 15) is 9.18 Å². The Morgan fingerprint density at radius 1 is 1.20 bits per heavy atom. The maximum atomic E-state index is 14.3. The van der Waals surface area contributed by atoms with Gasteiger partial charge in [-0.25, -0.2) is 4.39 Å². The molecule has 0 radical (unpaired) electrons. The van der Waals surface area contributed by atoms with Gasteiger partial charge in [0, 0.05) is 18.7 Å². The van der Waals surface area contributed by atoms with Gasteiger partial charge in [-0.05, 0) is 18.1 Å². The molecule has 2 aromatic rings. The molecule has 0 spiro atoms. The van der Waals surface area contributed by atoms with Gasteiger partial charge in [-0.1, -0.05) is 48.5 Å². The first-order chi connectivity index (χ1) is 12.2. The summed E-state index contributed by atoms with van der Waals surface area (Å²) in [5.74, 6) is -0.433. The van der Waals surface area contributed by atoms with Crippen molar-refractivity contribution in [2.24, 2.45) is 0 Å². The molecule has 1 fully saturated rings. The minimum atomic E-state index is -0.410. The molecule has 132 valence electrons. The van der Waals surface area contributed by atoms with E-state index in [-0.39, 0.29) is 24.2 Å². The van der Waals surface area contributed by atoms with Crippen LogP contribution in [-0.4, -0.2) is 31.7 Å². The minimum Gasteiger partial charge on any atom is -0.375 e. The number of hydrogen-bond acceptors (Lipinski definition) is 3. The Bertz CT molecular complexity index is 687. The molecule has 1 heterocycles. The number of carbonyl (C=O) groups excluding carboxylic acids is 1. The molecule has 0 bridgehead atoms. The van der Waals surface area contributed by atoms with E-state index in [2.05, 4.69) is 10.6 Å². The van der Waals surface area contributed by atoms with Crippen LogP contribution in [0.15, 0.2) is 54.6 Å². The molecule has 3 rings (SSSR count). The molecule has 5 heteroatoms. The summed E-state index contributed by atoms with van der Waals surface area (Å²) in [5.41, 5.74) is 1.55. The molecule has 0 unspecified atom stereocenters. The summed E-state index contributed by atoms with van der Waals surface area (Å²) in [5, 5.41) is 6.19. The van der Waals surface area contributed by atoms with Crippen LogP contribution in [0.2, 0.25) is 0 Å². The number of benzene rings is 2. The first-order valence-electron chi connectivity index (χ1n) is 8.62. The van der Waals surface area contributed by atoms with E-state index in [0.29, 0.717) is 25.1 Å². The van der Waals surface area contributed by atoms with Gasteiger partial charge in [-0.2, -0.15) is 0 Å². The Morgan fingerprint density at radius 2 is 1.96 bits per heavy atom. The van der Waals surface area contributed by atoms with E-state index in [1.807, 2.05) is 30.3 Å². The summed E-state index contributed by atoms with van der Waals surface area (Å²) >= 11 is 0. The number of rotatable bonds is 6. The molecule has 4 nitrogen and oxygen atoms in total. The minimum absolute atomic E-state index is 0.127. The molecular weight excluding hydrogens is 319 g/mol. The molecule has 1 saturated heterocycles. The van der Waals surface area contributed by atoms with E-state index in [4.69, 9.17) is 4.74 Å². The van der Waals surface area contributed by atoms with Gasteiger partial charge in [0.2, 0.25) is 5.91 Å². The zero-order valence-corrected chi connectivity index (χ0v) is 14.1. The van der Waals surface area contributed by atoms with Crippen LogP contribution in [0.4, 0.5) is 4.39 Å². The fourth-order valence-corrected chi connectivity index (χ4v) is 3.06. The van der Waals surface area contributed by atoms with Gasteiger partial charge in [0.05, 0.1) is 25.2 Å². The monoisotopic (exact) mass is 342 g/mol. The molecule has 0 aliphatic carbocycles.